The standard InChI is InChI=1S/C56H39NO/c1-56(39-21-6-3-7-22-39)49-30-15-12-29-47(49)55-50(56)31-18-33-52(55)57(40-35-36-54-48(37-40)46-28-14-17-34-53(46)58-54)51-32-16-13-27-45(51)44-26-11-10-25-43(44)42-24-9-8-23-41(42)38-19-4-2-5-20-38/h2-37H,1H3. The molecule has 1 heterocycles. The lowest BCUT2D eigenvalue weighted by Gasteiger charge is -2.32. The van der Waals surface area contributed by atoms with Crippen molar-refractivity contribution in [1.82, 2.24) is 0 Å². The minimum atomic E-state index is -0.340. The molecule has 1 aliphatic rings. The zero-order valence-corrected chi connectivity index (χ0v) is 32.1. The molecule has 2 nitrogen and oxygen atoms in total. The third-order valence-corrected chi connectivity index (χ3v) is 12.2. The first-order chi connectivity index (χ1) is 28.7. The van der Waals surface area contributed by atoms with Gasteiger partial charge in [0.25, 0.3) is 0 Å². The van der Waals surface area contributed by atoms with Crippen LogP contribution in [0.3, 0.4) is 0 Å². The molecule has 9 aromatic carbocycles. The van der Waals surface area contributed by atoms with Crippen molar-refractivity contribution in [3.05, 3.63) is 235 Å². The van der Waals surface area contributed by atoms with E-state index in [1.54, 1.807) is 0 Å². The molecule has 10 aromatic rings. The number of hydrogen-bond donors (Lipinski definition) is 0. The molecule has 1 unspecified atom stereocenters. The molecular formula is C56H39NO. The molecule has 2 heteroatoms. The third kappa shape index (κ3) is 5.26. The topological polar surface area (TPSA) is 16.4 Å². The van der Waals surface area contributed by atoms with Gasteiger partial charge in [0, 0.05) is 33.0 Å². The van der Waals surface area contributed by atoms with Crippen LogP contribution in [-0.4, -0.2) is 0 Å². The lowest BCUT2D eigenvalue weighted by atomic mass is 9.74. The fourth-order valence-corrected chi connectivity index (χ4v) is 9.49. The van der Waals surface area contributed by atoms with Crippen molar-refractivity contribution in [3.63, 3.8) is 0 Å². The Kier molecular flexibility index (Phi) is 7.97. The summed E-state index contributed by atoms with van der Waals surface area (Å²) in [6.45, 7) is 2.39. The number of hydrogen-bond acceptors (Lipinski definition) is 2. The van der Waals surface area contributed by atoms with Gasteiger partial charge in [-0.2, -0.15) is 0 Å². The third-order valence-electron chi connectivity index (χ3n) is 12.2. The summed E-state index contributed by atoms with van der Waals surface area (Å²) in [5.74, 6) is 0. The summed E-state index contributed by atoms with van der Waals surface area (Å²) in [5, 5.41) is 2.20. The summed E-state index contributed by atoms with van der Waals surface area (Å²) < 4.78 is 6.38. The number of anilines is 3. The van der Waals surface area contributed by atoms with Crippen molar-refractivity contribution in [2.75, 3.05) is 4.90 Å². The van der Waals surface area contributed by atoms with Gasteiger partial charge in [-0.15, -0.1) is 0 Å². The van der Waals surface area contributed by atoms with Gasteiger partial charge in [0.05, 0.1) is 11.4 Å². The molecule has 58 heavy (non-hydrogen) atoms. The van der Waals surface area contributed by atoms with E-state index >= 15 is 0 Å². The lowest BCUT2D eigenvalue weighted by Crippen LogP contribution is -2.22. The molecule has 0 saturated heterocycles. The second kappa shape index (κ2) is 13.7. The average molecular weight is 742 g/mol. The Morgan fingerprint density at radius 3 is 1.69 bits per heavy atom. The summed E-state index contributed by atoms with van der Waals surface area (Å²) in [5.41, 5.74) is 18.2. The van der Waals surface area contributed by atoms with Crippen LogP contribution in [0.5, 0.6) is 0 Å². The normalized spacial score (nSPS) is 14.4. The van der Waals surface area contributed by atoms with E-state index in [2.05, 4.69) is 224 Å². The fourth-order valence-electron chi connectivity index (χ4n) is 9.49. The largest absolute Gasteiger partial charge is 0.456 e. The van der Waals surface area contributed by atoms with Crippen molar-refractivity contribution < 1.29 is 4.42 Å². The van der Waals surface area contributed by atoms with Gasteiger partial charge in [-0.25, -0.2) is 0 Å². The van der Waals surface area contributed by atoms with Gasteiger partial charge >= 0.3 is 0 Å². The zero-order valence-electron chi connectivity index (χ0n) is 32.1. The monoisotopic (exact) mass is 741 g/mol. The number of nitrogens with zero attached hydrogens (tertiary/aromatic N) is 1. The maximum atomic E-state index is 6.38. The molecule has 0 amide bonds. The van der Waals surface area contributed by atoms with E-state index in [1.165, 1.54) is 55.6 Å². The highest BCUT2D eigenvalue weighted by atomic mass is 16.3. The minimum Gasteiger partial charge on any atom is -0.456 e. The lowest BCUT2D eigenvalue weighted by molar-refractivity contribution is 0.669. The molecule has 11 rings (SSSR count). The van der Waals surface area contributed by atoms with Crippen LogP contribution in [0.25, 0.3) is 66.4 Å². The summed E-state index contributed by atoms with van der Waals surface area (Å²) in [7, 11) is 0. The predicted molar refractivity (Wildman–Crippen MR) is 242 cm³/mol. The van der Waals surface area contributed by atoms with E-state index < -0.39 is 0 Å². The van der Waals surface area contributed by atoms with Crippen molar-refractivity contribution in [1.29, 1.82) is 0 Å². The average Bonchev–Trinajstić information content (AvgIpc) is 3.80. The summed E-state index contributed by atoms with van der Waals surface area (Å²) >= 11 is 0. The molecule has 1 aliphatic carbocycles. The van der Waals surface area contributed by atoms with Crippen LogP contribution in [0.2, 0.25) is 0 Å². The van der Waals surface area contributed by atoms with E-state index in [1.807, 2.05) is 6.07 Å². The van der Waals surface area contributed by atoms with Crippen molar-refractivity contribution in [2.45, 2.75) is 12.3 Å². The van der Waals surface area contributed by atoms with Gasteiger partial charge < -0.3 is 9.32 Å². The highest BCUT2D eigenvalue weighted by molar-refractivity contribution is 6.08. The van der Waals surface area contributed by atoms with Gasteiger partial charge in [0.1, 0.15) is 11.2 Å². The zero-order chi connectivity index (χ0) is 38.6. The number of rotatable bonds is 7. The molecule has 0 bridgehead atoms. The van der Waals surface area contributed by atoms with E-state index in [-0.39, 0.29) is 5.41 Å². The first kappa shape index (κ1) is 33.9. The van der Waals surface area contributed by atoms with Crippen LogP contribution in [0.1, 0.15) is 23.6 Å². The van der Waals surface area contributed by atoms with Gasteiger partial charge in [0.2, 0.25) is 0 Å². The van der Waals surface area contributed by atoms with E-state index in [0.29, 0.717) is 0 Å². The Labute approximate surface area is 338 Å². The SMILES string of the molecule is CC1(c2ccccc2)c2ccccc2-c2c(N(c3ccc4oc5ccccc5c4c3)c3ccccc3-c3ccccc3-c3ccccc3-c3ccccc3)cccc21. The van der Waals surface area contributed by atoms with E-state index in [0.717, 1.165) is 44.6 Å². The molecule has 0 aliphatic heterocycles. The molecule has 0 spiro atoms. The number of furan rings is 1. The Morgan fingerprint density at radius 2 is 0.914 bits per heavy atom. The second-order valence-electron chi connectivity index (χ2n) is 15.3. The van der Waals surface area contributed by atoms with Gasteiger partial charge in [-0.3, -0.25) is 0 Å². The maximum absolute atomic E-state index is 6.38. The predicted octanol–water partition coefficient (Wildman–Crippen LogP) is 15.4. The Balaban J connectivity index is 1.19. The van der Waals surface area contributed by atoms with Crippen LogP contribution in [-0.2, 0) is 5.41 Å². The molecule has 274 valence electrons. The van der Waals surface area contributed by atoms with Crippen LogP contribution in [0.15, 0.2) is 223 Å². The summed E-state index contributed by atoms with van der Waals surface area (Å²) in [6, 6.07) is 79.1. The molecule has 0 saturated carbocycles. The first-order valence-electron chi connectivity index (χ1n) is 20.0. The summed E-state index contributed by atoms with van der Waals surface area (Å²) in [6.07, 6.45) is 0. The first-order valence-corrected chi connectivity index (χ1v) is 20.0. The Hall–Kier alpha value is -7.42. The van der Waals surface area contributed by atoms with E-state index in [9.17, 15) is 0 Å². The highest BCUT2D eigenvalue weighted by Crippen LogP contribution is 2.57. The molecule has 0 radical (unpaired) electrons. The van der Waals surface area contributed by atoms with Gasteiger partial charge in [-0.05, 0) is 93.4 Å². The van der Waals surface area contributed by atoms with E-state index in [4.69, 9.17) is 4.42 Å². The summed E-state index contributed by atoms with van der Waals surface area (Å²) in [4.78, 5) is 2.49. The maximum Gasteiger partial charge on any atom is 0.135 e. The molecule has 1 atom stereocenters. The highest BCUT2D eigenvalue weighted by Gasteiger charge is 2.42. The molecule has 1 aromatic heterocycles. The van der Waals surface area contributed by atoms with Crippen molar-refractivity contribution >= 4 is 39.0 Å². The Bertz CT molecular complexity index is 3140. The second-order valence-corrected chi connectivity index (χ2v) is 15.3. The number of para-hydroxylation sites is 2. The Morgan fingerprint density at radius 1 is 0.379 bits per heavy atom. The van der Waals surface area contributed by atoms with Gasteiger partial charge in [0.15, 0.2) is 0 Å². The van der Waals surface area contributed by atoms with Crippen molar-refractivity contribution in [2.24, 2.45) is 0 Å². The molecular weight excluding hydrogens is 703 g/mol. The minimum absolute atomic E-state index is 0.340. The molecule has 0 fully saturated rings. The number of benzene rings is 9. The van der Waals surface area contributed by atoms with Crippen molar-refractivity contribution in [3.8, 4) is 44.5 Å². The van der Waals surface area contributed by atoms with Crippen LogP contribution in [0, 0.1) is 0 Å². The molecule has 0 N–H and O–H groups in total. The van der Waals surface area contributed by atoms with Gasteiger partial charge in [-0.1, -0.05) is 182 Å². The smallest absolute Gasteiger partial charge is 0.135 e. The number of fused-ring (bicyclic) bond motifs is 6. The quantitative estimate of drug-likeness (QED) is 0.162. The van der Waals surface area contributed by atoms with Crippen LogP contribution in [0.4, 0.5) is 17.1 Å². The van der Waals surface area contributed by atoms with Crippen LogP contribution < -0.4 is 4.90 Å². The fraction of sp³-hybridized carbons (Fsp3) is 0.0357. The van der Waals surface area contributed by atoms with Crippen LogP contribution >= 0.6 is 0 Å².